The van der Waals surface area contributed by atoms with Crippen LogP contribution < -0.4 is 0 Å². The van der Waals surface area contributed by atoms with E-state index in [1.54, 1.807) is 0 Å². The molecule has 2 unspecified atom stereocenters. The molecule has 0 N–H and O–H groups in total. The quantitative estimate of drug-likeness (QED) is 0.634. The second-order valence-electron chi connectivity index (χ2n) is 6.22. The molecule has 2 atom stereocenters. The molecule has 0 rings (SSSR count). The van der Waals surface area contributed by atoms with Crippen LogP contribution in [0.15, 0.2) is 0 Å². The molecule has 0 aromatic rings. The first-order chi connectivity index (χ1) is 8.01. The highest BCUT2D eigenvalue weighted by atomic mass is 28.5. The summed E-state index contributed by atoms with van der Waals surface area (Å²) in [6.45, 7) is 19.5. The molecule has 0 aromatic heterocycles. The van der Waals surface area contributed by atoms with Crippen LogP contribution in [0, 0.1) is 0 Å². The Labute approximate surface area is 117 Å². The lowest BCUT2D eigenvalue weighted by Gasteiger charge is -2.37. The van der Waals surface area contributed by atoms with Crippen LogP contribution in [0.1, 0.15) is 34.6 Å². The fourth-order valence-corrected chi connectivity index (χ4v) is 13.2. The molecule has 0 spiro atoms. The van der Waals surface area contributed by atoms with Gasteiger partial charge in [0.25, 0.3) is 0 Å². The first-order valence-corrected chi connectivity index (χ1v) is 14.7. The smallest absolute Gasteiger partial charge is 0.326 e. The molecule has 0 aliphatic heterocycles. The Morgan fingerprint density at radius 2 is 1.56 bits per heavy atom. The van der Waals surface area contributed by atoms with Gasteiger partial charge in [0.1, 0.15) is 0 Å². The second kappa shape index (κ2) is 7.35. The first-order valence-electron chi connectivity index (χ1n) is 7.07. The summed E-state index contributed by atoms with van der Waals surface area (Å²) in [7, 11) is -5.25. The lowest BCUT2D eigenvalue weighted by Crippen LogP contribution is -2.52. The highest BCUT2D eigenvalue weighted by Gasteiger charge is 2.40. The van der Waals surface area contributed by atoms with E-state index in [1.165, 1.54) is 0 Å². The molecule has 6 heteroatoms. The predicted molar refractivity (Wildman–Crippen MR) is 86.1 cm³/mol. The van der Waals surface area contributed by atoms with Gasteiger partial charge >= 0.3 is 17.1 Å². The molecule has 0 radical (unpaired) electrons. The van der Waals surface area contributed by atoms with Crippen molar-refractivity contribution in [2.24, 2.45) is 0 Å². The Balaban J connectivity index is 4.61. The summed E-state index contributed by atoms with van der Waals surface area (Å²) in [5, 5.41) is 0. The van der Waals surface area contributed by atoms with Gasteiger partial charge in [0.2, 0.25) is 0 Å². The van der Waals surface area contributed by atoms with E-state index < -0.39 is 26.2 Å². The van der Waals surface area contributed by atoms with Gasteiger partial charge in [0.05, 0.1) is 0 Å². The second-order valence-corrected chi connectivity index (χ2v) is 16.7. The zero-order valence-electron chi connectivity index (χ0n) is 13.7. The van der Waals surface area contributed by atoms with Crippen molar-refractivity contribution in [3.05, 3.63) is 0 Å². The van der Waals surface area contributed by atoms with Gasteiger partial charge in [-0.25, -0.2) is 0 Å². The summed E-state index contributed by atoms with van der Waals surface area (Å²) in [5.74, 6) is 0. The number of hydrogen-bond acceptors (Lipinski definition) is 3. The van der Waals surface area contributed by atoms with Gasteiger partial charge in [-0.15, -0.1) is 0 Å². The fourth-order valence-electron chi connectivity index (χ4n) is 1.81. The molecule has 0 saturated carbocycles. The Hall–Kier alpha value is 0.531. The fraction of sp³-hybridized carbons (Fsp3) is 1.00. The number of rotatable bonds is 8. The third-order valence-electron chi connectivity index (χ3n) is 3.00. The molecule has 0 aromatic carbocycles. The highest BCUT2D eigenvalue weighted by molar-refractivity contribution is 6.82. The summed E-state index contributed by atoms with van der Waals surface area (Å²) in [5.41, 5.74) is 0.654. The Morgan fingerprint density at radius 1 is 1.06 bits per heavy atom. The minimum Gasteiger partial charge on any atom is -0.439 e. The van der Waals surface area contributed by atoms with Crippen molar-refractivity contribution in [3.63, 3.8) is 0 Å². The predicted octanol–water partition coefficient (Wildman–Crippen LogP) is 4.00. The van der Waals surface area contributed by atoms with E-state index in [0.29, 0.717) is 5.54 Å². The molecule has 0 amide bonds. The highest BCUT2D eigenvalue weighted by Crippen LogP contribution is 2.24. The van der Waals surface area contributed by atoms with Gasteiger partial charge in [-0.1, -0.05) is 20.8 Å². The van der Waals surface area contributed by atoms with Gasteiger partial charge in [0, 0.05) is 6.10 Å². The van der Waals surface area contributed by atoms with Crippen molar-refractivity contribution in [2.75, 3.05) is 0 Å². The maximum atomic E-state index is 6.37. The van der Waals surface area contributed by atoms with E-state index in [4.69, 9.17) is 12.7 Å². The third kappa shape index (κ3) is 7.20. The van der Waals surface area contributed by atoms with Crippen molar-refractivity contribution in [3.8, 4) is 0 Å². The SMILES string of the molecule is CC[Si](C)(OC(C)C)O[Si](C)(C)O[SiH](C)C(C)C. The van der Waals surface area contributed by atoms with Gasteiger partial charge < -0.3 is 12.7 Å². The van der Waals surface area contributed by atoms with Crippen molar-refractivity contribution in [1.82, 2.24) is 0 Å². The monoisotopic (exact) mass is 308 g/mol. The molecular formula is C12H32O3Si3. The number of hydrogen-bond donors (Lipinski definition) is 0. The molecule has 0 saturated heterocycles. The van der Waals surface area contributed by atoms with Gasteiger partial charge in [-0.3, -0.25) is 0 Å². The van der Waals surface area contributed by atoms with Crippen LogP contribution in [0.25, 0.3) is 0 Å². The van der Waals surface area contributed by atoms with E-state index in [-0.39, 0.29) is 6.10 Å². The van der Waals surface area contributed by atoms with Crippen LogP contribution in [0.3, 0.4) is 0 Å². The largest absolute Gasteiger partial charge is 0.439 e. The van der Waals surface area contributed by atoms with Crippen LogP contribution in [-0.4, -0.2) is 32.3 Å². The van der Waals surface area contributed by atoms with E-state index in [9.17, 15) is 0 Å². The molecular weight excluding hydrogens is 276 g/mol. The van der Waals surface area contributed by atoms with E-state index in [2.05, 4.69) is 60.8 Å². The van der Waals surface area contributed by atoms with Crippen molar-refractivity contribution in [2.45, 2.75) is 78.5 Å². The summed E-state index contributed by atoms with van der Waals surface area (Å²) >= 11 is 0. The van der Waals surface area contributed by atoms with Crippen LogP contribution in [0.5, 0.6) is 0 Å². The first kappa shape index (κ1) is 18.5. The summed E-state index contributed by atoms with van der Waals surface area (Å²) in [4.78, 5) is 0. The minimum atomic E-state index is -2.06. The van der Waals surface area contributed by atoms with Crippen molar-refractivity contribution < 1.29 is 12.7 Å². The zero-order chi connectivity index (χ0) is 14.6. The van der Waals surface area contributed by atoms with Gasteiger partial charge in [-0.2, -0.15) is 0 Å². The molecule has 18 heavy (non-hydrogen) atoms. The molecule has 0 fully saturated rings. The lowest BCUT2D eigenvalue weighted by atomic mass is 10.5. The molecule has 0 aliphatic carbocycles. The van der Waals surface area contributed by atoms with Crippen LogP contribution in [0.2, 0.25) is 37.8 Å². The van der Waals surface area contributed by atoms with E-state index in [0.717, 1.165) is 6.04 Å². The minimum absolute atomic E-state index is 0.228. The maximum Gasteiger partial charge on any atom is 0.326 e. The Morgan fingerprint density at radius 3 is 1.89 bits per heavy atom. The topological polar surface area (TPSA) is 27.7 Å². The Bertz CT molecular complexity index is 247. The maximum absolute atomic E-state index is 6.37. The average molecular weight is 309 g/mol. The third-order valence-corrected chi connectivity index (χ3v) is 14.6. The van der Waals surface area contributed by atoms with Crippen molar-refractivity contribution >= 4 is 26.2 Å². The normalized spacial score (nSPS) is 18.2. The molecule has 110 valence electrons. The average Bonchev–Trinajstić information content (AvgIpc) is 2.14. The van der Waals surface area contributed by atoms with Crippen LogP contribution in [0.4, 0.5) is 0 Å². The summed E-state index contributed by atoms with van der Waals surface area (Å²) in [6, 6.07) is 0.975. The lowest BCUT2D eigenvalue weighted by molar-refractivity contribution is 0.174. The molecule has 0 heterocycles. The van der Waals surface area contributed by atoms with E-state index >= 15 is 0 Å². The summed E-state index contributed by atoms with van der Waals surface area (Å²) < 4.78 is 18.7. The van der Waals surface area contributed by atoms with Crippen LogP contribution >= 0.6 is 0 Å². The van der Waals surface area contributed by atoms with E-state index in [1.807, 2.05) is 0 Å². The van der Waals surface area contributed by atoms with Gasteiger partial charge in [0.15, 0.2) is 9.04 Å². The summed E-state index contributed by atoms with van der Waals surface area (Å²) in [6.07, 6.45) is 0.228. The van der Waals surface area contributed by atoms with Crippen molar-refractivity contribution in [1.29, 1.82) is 0 Å². The zero-order valence-corrected chi connectivity index (χ0v) is 16.8. The molecule has 3 nitrogen and oxygen atoms in total. The molecule has 0 bridgehead atoms. The standard InChI is InChI=1S/C12H32O3Si3/c1-10-18(9,13-11(2)3)15-17(7,8)14-16(6)12(4)5/h11-12,16H,10H2,1-9H3. The van der Waals surface area contributed by atoms with Crippen LogP contribution in [-0.2, 0) is 12.7 Å². The molecule has 0 aliphatic rings. The van der Waals surface area contributed by atoms with Gasteiger partial charge in [-0.05, 0) is 51.6 Å². The Kier molecular flexibility index (Phi) is 7.57.